The van der Waals surface area contributed by atoms with Crippen molar-refractivity contribution in [3.05, 3.63) is 41.7 Å². The Bertz CT molecular complexity index is 740. The van der Waals surface area contributed by atoms with Crippen LogP contribution in [0, 0.1) is 6.92 Å². The molecule has 7 nitrogen and oxygen atoms in total. The van der Waals surface area contributed by atoms with E-state index in [2.05, 4.69) is 15.2 Å². The lowest BCUT2D eigenvalue weighted by Gasteiger charge is -2.09. The number of halogens is 3. The van der Waals surface area contributed by atoms with Crippen LogP contribution in [0.3, 0.4) is 0 Å². The summed E-state index contributed by atoms with van der Waals surface area (Å²) < 4.78 is 51.6. The zero-order valence-corrected chi connectivity index (χ0v) is 12.9. The van der Waals surface area contributed by atoms with E-state index in [9.17, 15) is 22.8 Å². The van der Waals surface area contributed by atoms with E-state index in [4.69, 9.17) is 9.26 Å². The van der Waals surface area contributed by atoms with Crippen molar-refractivity contribution in [3.63, 3.8) is 0 Å². The van der Waals surface area contributed by atoms with Crippen LogP contribution in [0.15, 0.2) is 34.9 Å². The molecule has 2 aromatic rings. The summed E-state index contributed by atoms with van der Waals surface area (Å²) in [5, 5.41) is 5.80. The third-order valence-electron chi connectivity index (χ3n) is 2.80. The second-order valence-electron chi connectivity index (χ2n) is 4.85. The van der Waals surface area contributed by atoms with Gasteiger partial charge in [0.25, 0.3) is 11.8 Å². The van der Waals surface area contributed by atoms with E-state index in [0.717, 1.165) is 24.3 Å². The number of rotatable bonds is 6. The van der Waals surface area contributed by atoms with Crippen LogP contribution >= 0.6 is 0 Å². The molecule has 0 unspecified atom stereocenters. The lowest BCUT2D eigenvalue weighted by molar-refractivity contribution is -0.149. The van der Waals surface area contributed by atoms with Crippen molar-refractivity contribution in [2.75, 3.05) is 18.5 Å². The largest absolute Gasteiger partial charge is 0.463 e. The number of hydrogen-bond acceptors (Lipinski definition) is 6. The van der Waals surface area contributed by atoms with Gasteiger partial charge in [0, 0.05) is 11.8 Å². The highest BCUT2D eigenvalue weighted by atomic mass is 19.4. The maximum atomic E-state index is 12.4. The van der Waals surface area contributed by atoms with Crippen LogP contribution in [0.25, 0.3) is 0 Å². The SMILES string of the molecule is Cc1cc(OCC(=O)OCC(=O)Nc2ccc(C(F)(F)F)cc2)no1. The second kappa shape index (κ2) is 7.69. The molecule has 1 N–H and O–H groups in total. The zero-order chi connectivity index (χ0) is 18.4. The Morgan fingerprint density at radius 3 is 2.44 bits per heavy atom. The Balaban J connectivity index is 1.73. The number of esters is 1. The highest BCUT2D eigenvalue weighted by molar-refractivity contribution is 5.92. The monoisotopic (exact) mass is 358 g/mol. The number of amides is 1. The first-order valence-corrected chi connectivity index (χ1v) is 6.93. The Kier molecular flexibility index (Phi) is 5.63. The van der Waals surface area contributed by atoms with Gasteiger partial charge in [0.2, 0.25) is 0 Å². The van der Waals surface area contributed by atoms with E-state index in [1.54, 1.807) is 6.92 Å². The number of carbonyl (C=O) groups is 2. The number of benzene rings is 1. The highest BCUT2D eigenvalue weighted by Gasteiger charge is 2.29. The van der Waals surface area contributed by atoms with Gasteiger partial charge in [0.15, 0.2) is 13.2 Å². The number of aromatic nitrogens is 1. The van der Waals surface area contributed by atoms with Gasteiger partial charge in [0.1, 0.15) is 5.76 Å². The Labute approximate surface area is 139 Å². The van der Waals surface area contributed by atoms with E-state index in [1.807, 2.05) is 0 Å². The molecule has 25 heavy (non-hydrogen) atoms. The Morgan fingerprint density at radius 1 is 1.20 bits per heavy atom. The zero-order valence-electron chi connectivity index (χ0n) is 12.9. The molecule has 0 atom stereocenters. The summed E-state index contributed by atoms with van der Waals surface area (Å²) in [6, 6.07) is 5.31. The standard InChI is InChI=1S/C15H13F3N2O5/c1-9-6-13(20-25-9)23-8-14(22)24-7-12(21)19-11-4-2-10(3-5-11)15(16,17)18/h2-6H,7-8H2,1H3,(H,19,21). The maximum absolute atomic E-state index is 12.4. The van der Waals surface area contributed by atoms with Crippen molar-refractivity contribution in [3.8, 4) is 5.88 Å². The van der Waals surface area contributed by atoms with Gasteiger partial charge in [-0.25, -0.2) is 4.79 Å². The van der Waals surface area contributed by atoms with Gasteiger partial charge in [-0.3, -0.25) is 4.79 Å². The van der Waals surface area contributed by atoms with E-state index in [0.29, 0.717) is 5.76 Å². The highest BCUT2D eigenvalue weighted by Crippen LogP contribution is 2.29. The molecule has 0 aliphatic rings. The first kappa shape index (κ1) is 18.3. The van der Waals surface area contributed by atoms with Gasteiger partial charge in [0.05, 0.1) is 5.56 Å². The van der Waals surface area contributed by atoms with E-state index in [-0.39, 0.29) is 11.6 Å². The maximum Gasteiger partial charge on any atom is 0.416 e. The predicted molar refractivity (Wildman–Crippen MR) is 77.8 cm³/mol. The molecule has 0 spiro atoms. The third-order valence-corrected chi connectivity index (χ3v) is 2.80. The molecule has 0 saturated heterocycles. The average molecular weight is 358 g/mol. The van der Waals surface area contributed by atoms with Crippen molar-refractivity contribution in [1.82, 2.24) is 5.16 Å². The molecule has 2 rings (SSSR count). The Hall–Kier alpha value is -3.04. The summed E-state index contributed by atoms with van der Waals surface area (Å²) >= 11 is 0. The van der Waals surface area contributed by atoms with Crippen LogP contribution in [0.1, 0.15) is 11.3 Å². The number of carbonyl (C=O) groups excluding carboxylic acids is 2. The molecule has 0 bridgehead atoms. The van der Waals surface area contributed by atoms with E-state index < -0.39 is 36.8 Å². The van der Waals surface area contributed by atoms with Crippen molar-refractivity contribution >= 4 is 17.6 Å². The molecule has 0 saturated carbocycles. The minimum atomic E-state index is -4.46. The van der Waals surface area contributed by atoms with Crippen molar-refractivity contribution in [1.29, 1.82) is 0 Å². The van der Waals surface area contributed by atoms with Crippen LogP contribution in [0.4, 0.5) is 18.9 Å². The van der Waals surface area contributed by atoms with Gasteiger partial charge in [-0.05, 0) is 36.3 Å². The topological polar surface area (TPSA) is 90.7 Å². The molecule has 0 fully saturated rings. The molecule has 0 aliphatic heterocycles. The number of aryl methyl sites for hydroxylation is 1. The van der Waals surface area contributed by atoms with Crippen LogP contribution in [-0.4, -0.2) is 30.2 Å². The molecule has 1 heterocycles. The summed E-state index contributed by atoms with van der Waals surface area (Å²) in [5.74, 6) is -0.920. The molecule has 1 aromatic carbocycles. The van der Waals surface area contributed by atoms with Crippen molar-refractivity contribution in [2.45, 2.75) is 13.1 Å². The molecule has 134 valence electrons. The Morgan fingerprint density at radius 2 is 1.88 bits per heavy atom. The summed E-state index contributed by atoms with van der Waals surface area (Å²) in [4.78, 5) is 23.0. The number of anilines is 1. The van der Waals surface area contributed by atoms with Gasteiger partial charge in [-0.2, -0.15) is 13.2 Å². The summed E-state index contributed by atoms with van der Waals surface area (Å²) in [7, 11) is 0. The van der Waals surface area contributed by atoms with Crippen molar-refractivity contribution in [2.24, 2.45) is 0 Å². The number of nitrogens with one attached hydrogen (secondary N) is 1. The molecular weight excluding hydrogens is 345 g/mol. The van der Waals surface area contributed by atoms with E-state index in [1.165, 1.54) is 6.07 Å². The number of hydrogen-bond donors (Lipinski definition) is 1. The number of nitrogens with zero attached hydrogens (tertiary/aromatic N) is 1. The fourth-order valence-electron chi connectivity index (χ4n) is 1.67. The summed E-state index contributed by atoms with van der Waals surface area (Å²) in [5.41, 5.74) is -0.694. The third kappa shape index (κ3) is 5.83. The minimum absolute atomic E-state index is 0.101. The smallest absolute Gasteiger partial charge is 0.416 e. The summed E-state index contributed by atoms with van der Waals surface area (Å²) in [6.45, 7) is 0.560. The molecule has 1 aromatic heterocycles. The average Bonchev–Trinajstić information content (AvgIpc) is 2.96. The van der Waals surface area contributed by atoms with Crippen LogP contribution in [0.2, 0.25) is 0 Å². The fraction of sp³-hybridized carbons (Fsp3) is 0.267. The normalized spacial score (nSPS) is 11.0. The first-order chi connectivity index (χ1) is 11.7. The van der Waals surface area contributed by atoms with Gasteiger partial charge in [-0.15, -0.1) is 0 Å². The predicted octanol–water partition coefficient (Wildman–Crippen LogP) is 2.56. The molecule has 10 heteroatoms. The quantitative estimate of drug-likeness (QED) is 0.798. The summed E-state index contributed by atoms with van der Waals surface area (Å²) in [6.07, 6.45) is -4.46. The van der Waals surface area contributed by atoms with Gasteiger partial charge < -0.3 is 19.3 Å². The first-order valence-electron chi connectivity index (χ1n) is 6.93. The molecule has 1 amide bonds. The fourth-order valence-corrected chi connectivity index (χ4v) is 1.67. The van der Waals surface area contributed by atoms with Gasteiger partial charge in [-0.1, -0.05) is 0 Å². The molecule has 0 radical (unpaired) electrons. The number of ether oxygens (including phenoxy) is 2. The van der Waals surface area contributed by atoms with Gasteiger partial charge >= 0.3 is 12.1 Å². The van der Waals surface area contributed by atoms with Crippen molar-refractivity contribution < 1.29 is 36.8 Å². The molecule has 0 aliphatic carbocycles. The van der Waals surface area contributed by atoms with Crippen LogP contribution in [-0.2, 0) is 20.5 Å². The van der Waals surface area contributed by atoms with Crippen LogP contribution in [0.5, 0.6) is 5.88 Å². The second-order valence-corrected chi connectivity index (χ2v) is 4.85. The minimum Gasteiger partial charge on any atom is -0.463 e. The van der Waals surface area contributed by atoms with Crippen LogP contribution < -0.4 is 10.1 Å². The lowest BCUT2D eigenvalue weighted by Crippen LogP contribution is -2.23. The molecular formula is C15H13F3N2O5. The number of alkyl halides is 3. The van der Waals surface area contributed by atoms with E-state index >= 15 is 0 Å². The lowest BCUT2D eigenvalue weighted by atomic mass is 10.2.